The fourth-order valence-corrected chi connectivity index (χ4v) is 8.35. The lowest BCUT2D eigenvalue weighted by atomic mass is 9.83. The zero-order valence-electron chi connectivity index (χ0n) is 30.3. The van der Waals surface area contributed by atoms with Crippen LogP contribution in [-0.2, 0) is 45.8 Å². The monoisotopic (exact) mass is 684 g/mol. The number of aromatic nitrogens is 4. The average molecular weight is 685 g/mol. The molecule has 3 aliphatic heterocycles. The topological polar surface area (TPSA) is 127 Å². The summed E-state index contributed by atoms with van der Waals surface area (Å²) in [5.74, 6) is 0.628. The van der Waals surface area contributed by atoms with Crippen molar-refractivity contribution < 1.29 is 19.1 Å². The number of carbonyl (C=O) groups is 2. The summed E-state index contributed by atoms with van der Waals surface area (Å²) in [5, 5.41) is 8.04. The van der Waals surface area contributed by atoms with Crippen molar-refractivity contribution in [2.75, 3.05) is 50.1 Å². The Morgan fingerprint density at radius 3 is 2.60 bits per heavy atom. The van der Waals surface area contributed by atoms with Gasteiger partial charge in [-0.25, -0.2) is 4.98 Å². The van der Waals surface area contributed by atoms with Crippen molar-refractivity contribution in [2.45, 2.75) is 79.1 Å². The van der Waals surface area contributed by atoms with Crippen LogP contribution in [0.2, 0.25) is 0 Å². The summed E-state index contributed by atoms with van der Waals surface area (Å²) in [6.45, 7) is 14.8. The van der Waals surface area contributed by atoms with Gasteiger partial charge in [-0.15, -0.1) is 0 Å². The predicted molar refractivity (Wildman–Crippen MR) is 190 cm³/mol. The van der Waals surface area contributed by atoms with E-state index < -0.39 is 11.5 Å². The third-order valence-corrected chi connectivity index (χ3v) is 10.9. The van der Waals surface area contributed by atoms with Crippen LogP contribution in [0.3, 0.4) is 0 Å². The van der Waals surface area contributed by atoms with Crippen LogP contribution in [0.4, 0.5) is 17.3 Å². The molecule has 0 spiro atoms. The van der Waals surface area contributed by atoms with E-state index in [1.807, 2.05) is 36.7 Å². The van der Waals surface area contributed by atoms with Crippen LogP contribution in [-0.4, -0.2) is 86.4 Å². The molecule has 0 bridgehead atoms. The third-order valence-electron chi connectivity index (χ3n) is 10.9. The maximum Gasteiger partial charge on any atom is 0.302 e. The van der Waals surface area contributed by atoms with Gasteiger partial charge in [-0.2, -0.15) is 5.10 Å². The summed E-state index contributed by atoms with van der Waals surface area (Å²) in [4.78, 5) is 51.4. The number of carbonyl (C=O) groups excluding carboxylic acids is 2. The lowest BCUT2D eigenvalue weighted by Gasteiger charge is -2.47. The Morgan fingerprint density at radius 1 is 1.04 bits per heavy atom. The fraction of sp³-hybridized carbons (Fsp3) is 0.541. The second-order valence-electron chi connectivity index (χ2n) is 15.1. The maximum absolute atomic E-state index is 14.5. The molecule has 7 rings (SSSR count). The van der Waals surface area contributed by atoms with Crippen molar-refractivity contribution in [1.82, 2.24) is 29.1 Å². The summed E-state index contributed by atoms with van der Waals surface area (Å²) in [6.07, 6.45) is 4.38. The number of nitrogens with zero attached hydrogens (tertiary/aromatic N) is 7. The SMILES string of the molecule is COCCN1CCn2nc(Nc3cc(-c4ccnc(N5CCN6C7=C(CC(C)(C)C7)CC6(C)C5=O)c4COC(C)=O)c(C)n(C)c3=O)cc2C1. The number of allylic oxidation sites excluding steroid dienone is 1. The number of fused-ring (bicyclic) bond motifs is 3. The standard InChI is InChI=1S/C37H48N8O5/c1-23-28(17-30(34(47)41(23)6)39-32-16-26-21-42(14-15-49-7)10-13-45(26)40-32)27-8-9-38-33(29(27)22-50-24(2)46)43-11-12-44-31-20-36(3,4)18-25(31)19-37(44,5)35(43)48/h8-9,16-17H,10-15,18-22H2,1-7H3,(H,39,40). The number of pyridine rings is 2. The van der Waals surface area contributed by atoms with Gasteiger partial charge in [-0.3, -0.25) is 28.9 Å². The number of anilines is 3. The molecule has 1 atom stereocenters. The first-order chi connectivity index (χ1) is 23.8. The largest absolute Gasteiger partial charge is 0.461 e. The molecule has 0 radical (unpaired) electrons. The molecule has 6 heterocycles. The molecule has 13 nitrogen and oxygen atoms in total. The van der Waals surface area contributed by atoms with Gasteiger partial charge in [0.2, 0.25) is 0 Å². The molecule has 1 unspecified atom stereocenters. The lowest BCUT2D eigenvalue weighted by Crippen LogP contribution is -2.62. The van der Waals surface area contributed by atoms with Gasteiger partial charge in [-0.1, -0.05) is 13.8 Å². The van der Waals surface area contributed by atoms with Crippen LogP contribution in [0, 0.1) is 12.3 Å². The molecule has 1 fully saturated rings. The fourth-order valence-electron chi connectivity index (χ4n) is 8.35. The lowest BCUT2D eigenvalue weighted by molar-refractivity contribution is -0.142. The van der Waals surface area contributed by atoms with E-state index in [0.29, 0.717) is 49.0 Å². The number of hydrogen-bond acceptors (Lipinski definition) is 10. The van der Waals surface area contributed by atoms with Crippen LogP contribution < -0.4 is 15.8 Å². The van der Waals surface area contributed by atoms with Gasteiger partial charge in [0.15, 0.2) is 5.82 Å². The number of methoxy groups -OCH3 is 1. The minimum atomic E-state index is -0.690. The molecule has 266 valence electrons. The van der Waals surface area contributed by atoms with Gasteiger partial charge < -0.3 is 24.3 Å². The van der Waals surface area contributed by atoms with E-state index in [1.165, 1.54) is 18.2 Å². The van der Waals surface area contributed by atoms with E-state index in [1.54, 1.807) is 29.8 Å². The molecule has 0 saturated carbocycles. The summed E-state index contributed by atoms with van der Waals surface area (Å²) in [7, 11) is 3.45. The molecule has 4 aliphatic rings. The molecule has 0 aromatic carbocycles. The zero-order chi connectivity index (χ0) is 35.5. The van der Waals surface area contributed by atoms with Gasteiger partial charge in [0, 0.05) is 95.0 Å². The number of amides is 1. The smallest absolute Gasteiger partial charge is 0.302 e. The summed E-state index contributed by atoms with van der Waals surface area (Å²) >= 11 is 0. The van der Waals surface area contributed by atoms with Crippen LogP contribution in [0.1, 0.15) is 63.9 Å². The van der Waals surface area contributed by atoms with Crippen molar-refractivity contribution in [3.8, 4) is 11.1 Å². The molecule has 3 aromatic heterocycles. The van der Waals surface area contributed by atoms with Crippen LogP contribution >= 0.6 is 0 Å². The van der Waals surface area contributed by atoms with Crippen molar-refractivity contribution >= 4 is 29.2 Å². The van der Waals surface area contributed by atoms with Gasteiger partial charge >= 0.3 is 5.97 Å². The van der Waals surface area contributed by atoms with E-state index in [4.69, 9.17) is 19.6 Å². The normalized spacial score (nSPS) is 21.4. The summed E-state index contributed by atoms with van der Waals surface area (Å²) in [6, 6.07) is 5.67. The van der Waals surface area contributed by atoms with E-state index in [0.717, 1.165) is 61.5 Å². The Hall–Kier alpha value is -4.49. The molecule has 50 heavy (non-hydrogen) atoms. The average Bonchev–Trinajstić information content (AvgIpc) is 3.70. The van der Waals surface area contributed by atoms with Crippen LogP contribution in [0.15, 0.2) is 40.5 Å². The van der Waals surface area contributed by atoms with E-state index in [-0.39, 0.29) is 23.5 Å². The highest BCUT2D eigenvalue weighted by Gasteiger charge is 2.55. The van der Waals surface area contributed by atoms with Crippen molar-refractivity contribution in [3.05, 3.63) is 63.0 Å². The number of esters is 1. The highest BCUT2D eigenvalue weighted by Crippen LogP contribution is 2.53. The Morgan fingerprint density at radius 2 is 1.84 bits per heavy atom. The van der Waals surface area contributed by atoms with Gasteiger partial charge in [0.1, 0.15) is 23.7 Å². The molecular weight excluding hydrogens is 636 g/mol. The number of ether oxygens (including phenoxy) is 2. The molecule has 1 saturated heterocycles. The summed E-state index contributed by atoms with van der Waals surface area (Å²) < 4.78 is 14.4. The van der Waals surface area contributed by atoms with Crippen molar-refractivity contribution in [1.29, 1.82) is 0 Å². The first kappa shape index (κ1) is 34.0. The molecule has 1 aliphatic carbocycles. The zero-order valence-corrected chi connectivity index (χ0v) is 30.3. The second-order valence-corrected chi connectivity index (χ2v) is 15.1. The van der Waals surface area contributed by atoms with Gasteiger partial charge in [0.05, 0.1) is 18.8 Å². The van der Waals surface area contributed by atoms with Crippen LogP contribution in [0.5, 0.6) is 0 Å². The molecular formula is C37H48N8O5. The Kier molecular flexibility index (Phi) is 8.62. The highest BCUT2D eigenvalue weighted by molar-refractivity contribution is 6.02. The highest BCUT2D eigenvalue weighted by atomic mass is 16.5. The summed E-state index contributed by atoms with van der Waals surface area (Å²) in [5.41, 5.74) is 6.31. The van der Waals surface area contributed by atoms with Crippen molar-refractivity contribution in [3.63, 3.8) is 0 Å². The van der Waals surface area contributed by atoms with Gasteiger partial charge in [-0.05, 0) is 55.4 Å². The quantitative estimate of drug-likeness (QED) is 0.329. The molecule has 3 aromatic rings. The number of nitrogens with one attached hydrogen (secondary N) is 1. The molecule has 1 amide bonds. The first-order valence-corrected chi connectivity index (χ1v) is 17.5. The predicted octanol–water partition coefficient (Wildman–Crippen LogP) is 4.11. The Balaban J connectivity index is 1.23. The van der Waals surface area contributed by atoms with E-state index >= 15 is 0 Å². The van der Waals surface area contributed by atoms with Crippen LogP contribution in [0.25, 0.3) is 11.1 Å². The minimum absolute atomic E-state index is 0.00578. The Labute approximate surface area is 292 Å². The first-order valence-electron chi connectivity index (χ1n) is 17.5. The van der Waals surface area contributed by atoms with E-state index in [9.17, 15) is 14.4 Å². The molecule has 13 heteroatoms. The third kappa shape index (κ3) is 5.89. The second kappa shape index (κ2) is 12.7. The van der Waals surface area contributed by atoms with Gasteiger partial charge in [0.25, 0.3) is 11.5 Å². The minimum Gasteiger partial charge on any atom is -0.461 e. The molecule has 1 N–H and O–H groups in total. The van der Waals surface area contributed by atoms with Crippen molar-refractivity contribution in [2.24, 2.45) is 12.5 Å². The number of piperazine rings is 1. The maximum atomic E-state index is 14.5. The number of rotatable bonds is 9. The number of hydrogen-bond donors (Lipinski definition) is 1. The Bertz CT molecular complexity index is 1960. The van der Waals surface area contributed by atoms with E-state index in [2.05, 4.69) is 29.0 Å².